The molecule has 0 saturated carbocycles. The van der Waals surface area contributed by atoms with Crippen molar-refractivity contribution in [2.24, 2.45) is 11.5 Å². The van der Waals surface area contributed by atoms with E-state index in [9.17, 15) is 0 Å². The SMILES string of the molecule is CC1(N)C=CC(N)C(c2cc[nH]c2)=C1. The highest BCUT2D eigenvalue weighted by atomic mass is 14.7. The molecule has 2 atom stereocenters. The first-order chi connectivity index (χ1) is 6.58. The fraction of sp³-hybridized carbons (Fsp3) is 0.273. The molecule has 14 heavy (non-hydrogen) atoms. The Labute approximate surface area is 83.5 Å². The molecule has 74 valence electrons. The number of nitrogens with two attached hydrogens (primary N) is 2. The topological polar surface area (TPSA) is 67.8 Å². The van der Waals surface area contributed by atoms with Crippen molar-refractivity contribution < 1.29 is 0 Å². The van der Waals surface area contributed by atoms with E-state index in [1.54, 1.807) is 0 Å². The second kappa shape index (κ2) is 3.12. The van der Waals surface area contributed by atoms with Crippen molar-refractivity contribution in [3.8, 4) is 0 Å². The average Bonchev–Trinajstić information content (AvgIpc) is 2.62. The molecule has 3 nitrogen and oxygen atoms in total. The van der Waals surface area contributed by atoms with E-state index in [1.807, 2.05) is 43.6 Å². The summed E-state index contributed by atoms with van der Waals surface area (Å²) >= 11 is 0. The third kappa shape index (κ3) is 1.64. The second-order valence-corrected chi connectivity index (χ2v) is 3.95. The number of aromatic nitrogens is 1. The van der Waals surface area contributed by atoms with Gasteiger partial charge in [0.25, 0.3) is 0 Å². The van der Waals surface area contributed by atoms with Crippen LogP contribution < -0.4 is 11.5 Å². The monoisotopic (exact) mass is 189 g/mol. The maximum absolute atomic E-state index is 6.01. The highest BCUT2D eigenvalue weighted by Crippen LogP contribution is 2.25. The summed E-state index contributed by atoms with van der Waals surface area (Å²) in [6.07, 6.45) is 9.72. The summed E-state index contributed by atoms with van der Waals surface area (Å²) in [7, 11) is 0. The van der Waals surface area contributed by atoms with E-state index in [0.717, 1.165) is 11.1 Å². The smallest absolute Gasteiger partial charge is 0.0503 e. The van der Waals surface area contributed by atoms with E-state index in [2.05, 4.69) is 4.98 Å². The molecule has 0 bridgehead atoms. The Morgan fingerprint density at radius 3 is 2.93 bits per heavy atom. The zero-order chi connectivity index (χ0) is 10.2. The predicted octanol–water partition coefficient (Wildman–Crippen LogP) is 1.01. The van der Waals surface area contributed by atoms with Crippen LogP contribution in [0.25, 0.3) is 5.57 Å². The summed E-state index contributed by atoms with van der Waals surface area (Å²) in [5.74, 6) is 0. The first-order valence-electron chi connectivity index (χ1n) is 4.68. The summed E-state index contributed by atoms with van der Waals surface area (Å²) < 4.78 is 0. The summed E-state index contributed by atoms with van der Waals surface area (Å²) in [5.41, 5.74) is 13.8. The van der Waals surface area contributed by atoms with E-state index >= 15 is 0 Å². The van der Waals surface area contributed by atoms with Crippen LogP contribution in [0.5, 0.6) is 0 Å². The molecule has 1 aromatic heterocycles. The van der Waals surface area contributed by atoms with Crippen LogP contribution in [0.2, 0.25) is 0 Å². The molecule has 0 amide bonds. The Morgan fingerprint density at radius 2 is 2.29 bits per heavy atom. The Morgan fingerprint density at radius 1 is 1.50 bits per heavy atom. The molecule has 0 aromatic carbocycles. The van der Waals surface area contributed by atoms with Crippen molar-refractivity contribution in [1.82, 2.24) is 4.98 Å². The molecular formula is C11H15N3. The number of rotatable bonds is 1. The van der Waals surface area contributed by atoms with Crippen LogP contribution in [-0.2, 0) is 0 Å². The van der Waals surface area contributed by atoms with Crippen molar-refractivity contribution in [3.05, 3.63) is 42.3 Å². The number of hydrogen-bond donors (Lipinski definition) is 3. The molecule has 0 radical (unpaired) electrons. The number of nitrogens with one attached hydrogen (secondary N) is 1. The zero-order valence-electron chi connectivity index (χ0n) is 8.20. The van der Waals surface area contributed by atoms with E-state index < -0.39 is 0 Å². The van der Waals surface area contributed by atoms with Crippen molar-refractivity contribution >= 4 is 5.57 Å². The standard InChI is InChI=1S/C11H15N3/c1-11(13)4-2-10(12)9(6-11)8-3-5-14-7-8/h2-7,10,14H,12-13H2,1H3. The van der Waals surface area contributed by atoms with E-state index in [0.29, 0.717) is 0 Å². The lowest BCUT2D eigenvalue weighted by atomic mass is 9.87. The first-order valence-corrected chi connectivity index (χ1v) is 4.68. The van der Waals surface area contributed by atoms with Gasteiger partial charge in [-0.05, 0) is 24.1 Å². The Balaban J connectivity index is 2.39. The van der Waals surface area contributed by atoms with E-state index in [4.69, 9.17) is 11.5 Å². The van der Waals surface area contributed by atoms with Crippen molar-refractivity contribution in [3.63, 3.8) is 0 Å². The Kier molecular flexibility index (Phi) is 2.06. The molecule has 0 fully saturated rings. The van der Waals surface area contributed by atoms with E-state index in [-0.39, 0.29) is 11.6 Å². The normalized spacial score (nSPS) is 31.6. The van der Waals surface area contributed by atoms with Gasteiger partial charge in [-0.15, -0.1) is 0 Å². The van der Waals surface area contributed by atoms with E-state index in [1.165, 1.54) is 0 Å². The minimum Gasteiger partial charge on any atom is -0.367 e. The van der Waals surface area contributed by atoms with Gasteiger partial charge in [0, 0.05) is 18.4 Å². The third-order valence-electron chi connectivity index (χ3n) is 2.42. The van der Waals surface area contributed by atoms with Gasteiger partial charge in [-0.1, -0.05) is 18.2 Å². The molecule has 1 aliphatic carbocycles. The molecule has 1 heterocycles. The van der Waals surface area contributed by atoms with Gasteiger partial charge in [0.2, 0.25) is 0 Å². The maximum atomic E-state index is 6.01. The first kappa shape index (κ1) is 9.24. The summed E-state index contributed by atoms with van der Waals surface area (Å²) in [6.45, 7) is 1.96. The van der Waals surface area contributed by atoms with Gasteiger partial charge in [-0.25, -0.2) is 0 Å². The molecule has 0 aliphatic heterocycles. The van der Waals surface area contributed by atoms with Gasteiger partial charge >= 0.3 is 0 Å². The molecule has 5 N–H and O–H groups in total. The summed E-state index contributed by atoms with van der Waals surface area (Å²) in [6, 6.07) is 1.95. The zero-order valence-corrected chi connectivity index (χ0v) is 8.20. The van der Waals surface area contributed by atoms with Gasteiger partial charge in [0.1, 0.15) is 0 Å². The van der Waals surface area contributed by atoms with Crippen LogP contribution in [0.1, 0.15) is 12.5 Å². The lowest BCUT2D eigenvalue weighted by Gasteiger charge is -2.25. The van der Waals surface area contributed by atoms with Gasteiger partial charge in [0.05, 0.1) is 5.54 Å². The van der Waals surface area contributed by atoms with Crippen molar-refractivity contribution in [2.45, 2.75) is 18.5 Å². The largest absolute Gasteiger partial charge is 0.367 e. The molecule has 1 aromatic rings. The number of hydrogen-bond acceptors (Lipinski definition) is 2. The van der Waals surface area contributed by atoms with Gasteiger partial charge < -0.3 is 16.5 Å². The van der Waals surface area contributed by atoms with Gasteiger partial charge in [0.15, 0.2) is 0 Å². The molecule has 0 saturated heterocycles. The lowest BCUT2D eigenvalue weighted by Crippen LogP contribution is -2.37. The third-order valence-corrected chi connectivity index (χ3v) is 2.42. The summed E-state index contributed by atoms with van der Waals surface area (Å²) in [4.78, 5) is 3.01. The predicted molar refractivity (Wildman–Crippen MR) is 58.5 cm³/mol. The molecule has 3 heteroatoms. The van der Waals surface area contributed by atoms with Crippen LogP contribution in [0.4, 0.5) is 0 Å². The van der Waals surface area contributed by atoms with Gasteiger partial charge in [-0.3, -0.25) is 0 Å². The van der Waals surface area contributed by atoms with Crippen LogP contribution in [0.3, 0.4) is 0 Å². The highest BCUT2D eigenvalue weighted by molar-refractivity contribution is 5.73. The molecule has 1 aliphatic rings. The quantitative estimate of drug-likeness (QED) is 0.577. The maximum Gasteiger partial charge on any atom is 0.0503 e. The lowest BCUT2D eigenvalue weighted by molar-refractivity contribution is 0.716. The van der Waals surface area contributed by atoms with Crippen molar-refractivity contribution in [1.29, 1.82) is 0 Å². The highest BCUT2D eigenvalue weighted by Gasteiger charge is 2.21. The van der Waals surface area contributed by atoms with Gasteiger partial charge in [-0.2, -0.15) is 0 Å². The Hall–Kier alpha value is -1.32. The molecule has 2 rings (SSSR count). The molecular weight excluding hydrogens is 174 g/mol. The van der Waals surface area contributed by atoms with Crippen molar-refractivity contribution in [2.75, 3.05) is 0 Å². The number of aromatic amines is 1. The molecule has 2 unspecified atom stereocenters. The van der Waals surface area contributed by atoms with Crippen LogP contribution in [-0.4, -0.2) is 16.6 Å². The van der Waals surface area contributed by atoms with Crippen LogP contribution >= 0.6 is 0 Å². The number of H-pyrrole nitrogens is 1. The average molecular weight is 189 g/mol. The Bertz CT molecular complexity index is 371. The fourth-order valence-corrected chi connectivity index (χ4v) is 1.67. The van der Waals surface area contributed by atoms with Crippen LogP contribution in [0, 0.1) is 0 Å². The minimum absolute atomic E-state index is 0.0533. The minimum atomic E-state index is -0.386. The van der Waals surface area contributed by atoms with Crippen LogP contribution in [0.15, 0.2) is 36.7 Å². The second-order valence-electron chi connectivity index (χ2n) is 3.95. The summed E-state index contributed by atoms with van der Waals surface area (Å²) in [5, 5.41) is 0. The fourth-order valence-electron chi connectivity index (χ4n) is 1.67. The molecule has 0 spiro atoms.